The fourth-order valence-corrected chi connectivity index (χ4v) is 1.87. The molecule has 0 N–H and O–H groups in total. The third-order valence-corrected chi connectivity index (χ3v) is 2.83. The Balaban J connectivity index is 2.69. The van der Waals surface area contributed by atoms with E-state index in [-0.39, 0.29) is 12.4 Å². The van der Waals surface area contributed by atoms with Crippen LogP contribution in [0.3, 0.4) is 0 Å². The largest absolute Gasteiger partial charge is 0.465 e. The lowest BCUT2D eigenvalue weighted by molar-refractivity contribution is -0.142. The van der Waals surface area contributed by atoms with Gasteiger partial charge in [-0.15, -0.1) is 0 Å². The zero-order valence-corrected chi connectivity index (χ0v) is 10.2. The highest BCUT2D eigenvalue weighted by Crippen LogP contribution is 2.17. The number of esters is 1. The Morgan fingerprint density at radius 1 is 1.53 bits per heavy atom. The van der Waals surface area contributed by atoms with E-state index in [0.29, 0.717) is 6.42 Å². The first-order chi connectivity index (χ1) is 8.17. The molecule has 1 unspecified atom stereocenters. The van der Waals surface area contributed by atoms with Gasteiger partial charge in [0.05, 0.1) is 6.61 Å². The second-order valence-electron chi connectivity index (χ2n) is 3.28. The number of carbonyl (C=O) groups is 1. The van der Waals surface area contributed by atoms with Crippen molar-refractivity contribution >= 4 is 17.7 Å². The molecule has 17 heavy (non-hydrogen) atoms. The summed E-state index contributed by atoms with van der Waals surface area (Å²) in [5.74, 6) is -0.738. The van der Waals surface area contributed by atoms with Crippen LogP contribution < -0.4 is 0 Å². The molecule has 1 rings (SSSR count). The zero-order chi connectivity index (χ0) is 12.7. The molecule has 90 valence electrons. The van der Waals surface area contributed by atoms with Crippen LogP contribution in [0.15, 0.2) is 24.3 Å². The molecule has 0 saturated carbocycles. The molecule has 1 atom stereocenters. The minimum absolute atomic E-state index is 0.282. The average Bonchev–Trinajstić information content (AvgIpc) is 2.31. The number of nitrogens with zero attached hydrogens (tertiary/aromatic N) is 1. The molecule has 0 bridgehead atoms. The van der Waals surface area contributed by atoms with Gasteiger partial charge in [-0.1, -0.05) is 12.1 Å². The lowest BCUT2D eigenvalue weighted by Crippen LogP contribution is -2.22. The van der Waals surface area contributed by atoms with Gasteiger partial charge in [0.15, 0.2) is 0 Å². The summed E-state index contributed by atoms with van der Waals surface area (Å²) in [6, 6.07) is 5.85. The van der Waals surface area contributed by atoms with Gasteiger partial charge in [0.2, 0.25) is 0 Å². The normalized spacial score (nSPS) is 11.6. The predicted molar refractivity (Wildman–Crippen MR) is 63.7 cm³/mol. The molecule has 0 aliphatic heterocycles. The summed E-state index contributed by atoms with van der Waals surface area (Å²) in [7, 11) is 0. The third-order valence-electron chi connectivity index (χ3n) is 2.08. The van der Waals surface area contributed by atoms with Gasteiger partial charge in [0.25, 0.3) is 0 Å². The molecular weight excluding hydrogens is 241 g/mol. The minimum atomic E-state index is -0.564. The molecule has 0 radical (unpaired) electrons. The number of rotatable bonds is 5. The summed E-state index contributed by atoms with van der Waals surface area (Å²) in [4.78, 5) is 11.5. The molecule has 3 nitrogen and oxygen atoms in total. The third kappa shape index (κ3) is 4.45. The van der Waals surface area contributed by atoms with Crippen LogP contribution in [0.1, 0.15) is 12.5 Å². The van der Waals surface area contributed by atoms with Crippen molar-refractivity contribution in [1.29, 1.82) is 5.26 Å². The summed E-state index contributed by atoms with van der Waals surface area (Å²) in [6.07, 6.45) is 0.358. The first-order valence-electron chi connectivity index (χ1n) is 5.13. The Hall–Kier alpha value is -1.54. The van der Waals surface area contributed by atoms with Crippen LogP contribution in [-0.2, 0) is 16.0 Å². The lowest BCUT2D eigenvalue weighted by Gasteiger charge is -2.11. The van der Waals surface area contributed by atoms with Gasteiger partial charge in [-0.3, -0.25) is 4.79 Å². The number of hydrogen-bond donors (Lipinski definition) is 0. The van der Waals surface area contributed by atoms with Crippen molar-refractivity contribution in [2.45, 2.75) is 18.6 Å². The van der Waals surface area contributed by atoms with E-state index in [9.17, 15) is 9.18 Å². The molecule has 1 aromatic rings. The maximum Gasteiger partial charge on any atom is 0.320 e. The molecule has 1 aromatic carbocycles. The Morgan fingerprint density at radius 2 is 2.18 bits per heavy atom. The van der Waals surface area contributed by atoms with E-state index in [1.165, 1.54) is 12.1 Å². The maximum absolute atomic E-state index is 12.7. The summed E-state index contributed by atoms with van der Waals surface area (Å²) in [5, 5.41) is 9.94. The molecule has 0 aliphatic carbocycles. The van der Waals surface area contributed by atoms with Crippen molar-refractivity contribution in [3.8, 4) is 5.40 Å². The summed E-state index contributed by atoms with van der Waals surface area (Å²) < 4.78 is 17.6. The number of thiocyanates is 1. The Bertz CT molecular complexity index is 414. The van der Waals surface area contributed by atoms with Crippen molar-refractivity contribution in [2.75, 3.05) is 6.61 Å². The van der Waals surface area contributed by atoms with Gasteiger partial charge in [-0.25, -0.2) is 4.39 Å². The highest BCUT2D eigenvalue weighted by Gasteiger charge is 2.21. The number of hydrogen-bond acceptors (Lipinski definition) is 4. The first-order valence-corrected chi connectivity index (χ1v) is 6.01. The number of carbonyl (C=O) groups excluding carboxylic acids is 1. The van der Waals surface area contributed by atoms with Crippen LogP contribution in [-0.4, -0.2) is 17.8 Å². The molecule has 0 amide bonds. The number of halogens is 1. The van der Waals surface area contributed by atoms with Crippen molar-refractivity contribution < 1.29 is 13.9 Å². The Kier molecular flexibility index (Phi) is 5.50. The van der Waals surface area contributed by atoms with E-state index in [1.807, 2.05) is 5.40 Å². The molecule has 0 spiro atoms. The predicted octanol–water partition coefficient (Wildman–Crippen LogP) is 2.51. The fourth-order valence-electron chi connectivity index (χ4n) is 1.31. The van der Waals surface area contributed by atoms with Crippen LogP contribution in [0.5, 0.6) is 0 Å². The highest BCUT2D eigenvalue weighted by atomic mass is 32.2. The smallest absolute Gasteiger partial charge is 0.320 e. The second kappa shape index (κ2) is 6.92. The molecular formula is C12H12FNO2S. The van der Waals surface area contributed by atoms with Gasteiger partial charge in [-0.05, 0) is 42.8 Å². The molecule has 0 aliphatic rings. The second-order valence-corrected chi connectivity index (χ2v) is 4.27. The summed E-state index contributed by atoms with van der Waals surface area (Å²) in [5.41, 5.74) is 0.798. The van der Waals surface area contributed by atoms with Gasteiger partial charge >= 0.3 is 5.97 Å². The topological polar surface area (TPSA) is 50.1 Å². The molecule has 0 saturated heterocycles. The monoisotopic (exact) mass is 253 g/mol. The van der Waals surface area contributed by atoms with Gasteiger partial charge in [0.1, 0.15) is 16.5 Å². The van der Waals surface area contributed by atoms with Crippen LogP contribution >= 0.6 is 11.8 Å². The van der Waals surface area contributed by atoms with E-state index in [2.05, 4.69) is 0 Å². The standard InChI is InChI=1S/C12H12FNO2S/c1-2-16-12(15)11(17-8-14)7-9-3-5-10(13)6-4-9/h3-6,11H,2,7H2,1H3. The van der Waals surface area contributed by atoms with Crippen molar-refractivity contribution in [2.24, 2.45) is 0 Å². The van der Waals surface area contributed by atoms with E-state index in [1.54, 1.807) is 19.1 Å². The van der Waals surface area contributed by atoms with Crippen molar-refractivity contribution in [3.05, 3.63) is 35.6 Å². The summed E-state index contributed by atoms with van der Waals surface area (Å²) >= 11 is 0.861. The summed E-state index contributed by atoms with van der Waals surface area (Å²) in [6.45, 7) is 1.99. The molecule has 0 heterocycles. The number of nitriles is 1. The van der Waals surface area contributed by atoms with Crippen LogP contribution in [0.4, 0.5) is 4.39 Å². The average molecular weight is 253 g/mol. The Morgan fingerprint density at radius 3 is 2.71 bits per heavy atom. The molecule has 5 heteroatoms. The van der Waals surface area contributed by atoms with E-state index < -0.39 is 11.2 Å². The quantitative estimate of drug-likeness (QED) is 0.597. The van der Waals surface area contributed by atoms with Crippen molar-refractivity contribution in [1.82, 2.24) is 0 Å². The number of ether oxygens (including phenoxy) is 1. The van der Waals surface area contributed by atoms with Crippen LogP contribution in [0.25, 0.3) is 0 Å². The van der Waals surface area contributed by atoms with Crippen LogP contribution in [0, 0.1) is 16.5 Å². The van der Waals surface area contributed by atoms with Gasteiger partial charge in [0, 0.05) is 0 Å². The fraction of sp³-hybridized carbons (Fsp3) is 0.333. The number of thioether (sulfide) groups is 1. The zero-order valence-electron chi connectivity index (χ0n) is 9.35. The number of benzene rings is 1. The first kappa shape index (κ1) is 13.5. The van der Waals surface area contributed by atoms with Crippen molar-refractivity contribution in [3.63, 3.8) is 0 Å². The highest BCUT2D eigenvalue weighted by molar-refractivity contribution is 8.04. The maximum atomic E-state index is 12.7. The van der Waals surface area contributed by atoms with Crippen LogP contribution in [0.2, 0.25) is 0 Å². The SMILES string of the molecule is CCOC(=O)C(Cc1ccc(F)cc1)SC#N. The molecule has 0 aromatic heterocycles. The lowest BCUT2D eigenvalue weighted by atomic mass is 10.1. The Labute approximate surface area is 104 Å². The van der Waals surface area contributed by atoms with E-state index in [0.717, 1.165) is 17.3 Å². The molecule has 0 fully saturated rings. The van der Waals surface area contributed by atoms with E-state index >= 15 is 0 Å². The van der Waals surface area contributed by atoms with Gasteiger partial charge < -0.3 is 4.74 Å². The minimum Gasteiger partial charge on any atom is -0.465 e. The van der Waals surface area contributed by atoms with Gasteiger partial charge in [-0.2, -0.15) is 5.26 Å². The van der Waals surface area contributed by atoms with E-state index in [4.69, 9.17) is 10.00 Å².